The van der Waals surface area contributed by atoms with Crippen molar-refractivity contribution in [2.24, 2.45) is 0 Å². The fourth-order valence-electron chi connectivity index (χ4n) is 4.54. The number of hydrogen-bond acceptors (Lipinski definition) is 4. The molecule has 0 radical (unpaired) electrons. The topological polar surface area (TPSA) is 27.7 Å². The van der Waals surface area contributed by atoms with Crippen LogP contribution in [0.5, 0.6) is 5.75 Å². The van der Waals surface area contributed by atoms with Crippen molar-refractivity contribution in [3.05, 3.63) is 28.8 Å². The average Bonchev–Trinajstić information content (AvgIpc) is 3.27. The number of rotatable bonds is 5. The molecular formula is C20H31N3O. The highest BCUT2D eigenvalue weighted by molar-refractivity contribution is 5.44. The Kier molecular flexibility index (Phi) is 5.06. The maximum atomic E-state index is 5.96. The van der Waals surface area contributed by atoms with Gasteiger partial charge in [0.15, 0.2) is 0 Å². The van der Waals surface area contributed by atoms with E-state index in [0.29, 0.717) is 0 Å². The second kappa shape index (κ2) is 7.42. The van der Waals surface area contributed by atoms with E-state index in [1.807, 2.05) is 0 Å². The second-order valence-corrected chi connectivity index (χ2v) is 7.47. The van der Waals surface area contributed by atoms with Gasteiger partial charge >= 0.3 is 0 Å². The van der Waals surface area contributed by atoms with Crippen molar-refractivity contribution < 1.29 is 4.74 Å². The van der Waals surface area contributed by atoms with Crippen LogP contribution in [-0.2, 0) is 19.4 Å². The Morgan fingerprint density at radius 3 is 2.62 bits per heavy atom. The monoisotopic (exact) mass is 329 g/mol. The molecule has 0 spiro atoms. The lowest BCUT2D eigenvalue weighted by Crippen LogP contribution is -2.50. The molecule has 1 aliphatic carbocycles. The summed E-state index contributed by atoms with van der Waals surface area (Å²) >= 11 is 0. The van der Waals surface area contributed by atoms with Gasteiger partial charge in [-0.25, -0.2) is 0 Å². The molecule has 4 rings (SSSR count). The Balaban J connectivity index is 1.40. The number of fused-ring (bicyclic) bond motifs is 1. The molecule has 1 aromatic carbocycles. The van der Waals surface area contributed by atoms with Gasteiger partial charge in [0.05, 0.1) is 6.61 Å². The van der Waals surface area contributed by atoms with E-state index < -0.39 is 0 Å². The first-order valence-electron chi connectivity index (χ1n) is 9.78. The minimum atomic E-state index is 0.758. The summed E-state index contributed by atoms with van der Waals surface area (Å²) in [5.41, 5.74) is 4.47. The van der Waals surface area contributed by atoms with Crippen LogP contribution < -0.4 is 10.1 Å². The van der Waals surface area contributed by atoms with E-state index in [-0.39, 0.29) is 0 Å². The molecule has 2 saturated heterocycles. The molecule has 132 valence electrons. The van der Waals surface area contributed by atoms with Crippen molar-refractivity contribution in [2.75, 3.05) is 45.9 Å². The number of aryl methyl sites for hydroxylation is 2. The number of piperazine rings is 1. The Labute approximate surface area is 146 Å². The molecule has 0 aromatic heterocycles. The molecule has 1 N–H and O–H groups in total. The SMILES string of the molecule is CCOc1cc2c(cc1CN1CCN([C@@H]3CCNC3)CC1)CCC2. The summed E-state index contributed by atoms with van der Waals surface area (Å²) in [6.07, 6.45) is 5.10. The van der Waals surface area contributed by atoms with E-state index in [4.69, 9.17) is 4.74 Å². The molecule has 0 bridgehead atoms. The third-order valence-electron chi connectivity index (χ3n) is 5.93. The summed E-state index contributed by atoms with van der Waals surface area (Å²) in [5, 5.41) is 3.49. The van der Waals surface area contributed by atoms with Crippen LogP contribution in [0.1, 0.15) is 36.5 Å². The molecule has 0 unspecified atom stereocenters. The zero-order chi connectivity index (χ0) is 16.4. The third-order valence-corrected chi connectivity index (χ3v) is 5.93. The highest BCUT2D eigenvalue weighted by Crippen LogP contribution is 2.31. The van der Waals surface area contributed by atoms with Gasteiger partial charge in [0, 0.05) is 50.9 Å². The minimum Gasteiger partial charge on any atom is -0.494 e. The van der Waals surface area contributed by atoms with Crippen molar-refractivity contribution >= 4 is 0 Å². The van der Waals surface area contributed by atoms with E-state index in [9.17, 15) is 0 Å². The predicted octanol–water partition coefficient (Wildman–Crippen LogP) is 2.05. The quantitative estimate of drug-likeness (QED) is 0.895. The van der Waals surface area contributed by atoms with Gasteiger partial charge in [-0.3, -0.25) is 9.80 Å². The molecule has 3 aliphatic rings. The van der Waals surface area contributed by atoms with Crippen molar-refractivity contribution in [2.45, 2.75) is 45.2 Å². The van der Waals surface area contributed by atoms with Crippen molar-refractivity contribution in [1.29, 1.82) is 0 Å². The molecule has 0 amide bonds. The van der Waals surface area contributed by atoms with Crippen molar-refractivity contribution in [1.82, 2.24) is 15.1 Å². The maximum Gasteiger partial charge on any atom is 0.124 e. The van der Waals surface area contributed by atoms with Crippen LogP contribution >= 0.6 is 0 Å². The molecular weight excluding hydrogens is 298 g/mol. The smallest absolute Gasteiger partial charge is 0.124 e. The molecule has 0 saturated carbocycles. The average molecular weight is 329 g/mol. The number of hydrogen-bond donors (Lipinski definition) is 1. The molecule has 2 heterocycles. The third kappa shape index (κ3) is 3.46. The number of benzene rings is 1. The standard InChI is InChI=1S/C20H31N3O/c1-2-24-20-13-17-5-3-4-16(17)12-18(20)15-22-8-10-23(11-9-22)19-6-7-21-14-19/h12-13,19,21H,2-11,14-15H2,1H3/t19-/m1/s1. The van der Waals surface area contributed by atoms with Gasteiger partial charge in [-0.05, 0) is 56.3 Å². The predicted molar refractivity (Wildman–Crippen MR) is 97.8 cm³/mol. The largest absolute Gasteiger partial charge is 0.494 e. The van der Waals surface area contributed by atoms with Crippen LogP contribution in [0.25, 0.3) is 0 Å². The molecule has 1 atom stereocenters. The highest BCUT2D eigenvalue weighted by Gasteiger charge is 2.26. The van der Waals surface area contributed by atoms with Gasteiger partial charge in [-0.1, -0.05) is 6.07 Å². The summed E-state index contributed by atoms with van der Waals surface area (Å²) in [6, 6.07) is 5.52. The molecule has 2 aliphatic heterocycles. The molecule has 4 nitrogen and oxygen atoms in total. The summed E-state index contributed by atoms with van der Waals surface area (Å²) < 4.78 is 5.96. The first-order chi connectivity index (χ1) is 11.8. The van der Waals surface area contributed by atoms with Gasteiger partial charge in [0.2, 0.25) is 0 Å². The molecule has 24 heavy (non-hydrogen) atoms. The summed E-state index contributed by atoms with van der Waals surface area (Å²) in [5.74, 6) is 1.13. The van der Waals surface area contributed by atoms with E-state index in [1.54, 1.807) is 5.56 Å². The van der Waals surface area contributed by atoms with E-state index in [1.165, 1.54) is 76.1 Å². The Hall–Kier alpha value is -1.10. The summed E-state index contributed by atoms with van der Waals surface area (Å²) in [6.45, 7) is 11.0. The lowest BCUT2D eigenvalue weighted by atomic mass is 10.0. The zero-order valence-corrected chi connectivity index (χ0v) is 15.0. The second-order valence-electron chi connectivity index (χ2n) is 7.47. The first kappa shape index (κ1) is 16.4. The number of ether oxygens (including phenoxy) is 1. The van der Waals surface area contributed by atoms with Crippen LogP contribution in [0.4, 0.5) is 0 Å². The fraction of sp³-hybridized carbons (Fsp3) is 0.700. The fourth-order valence-corrected chi connectivity index (χ4v) is 4.54. The van der Waals surface area contributed by atoms with Crippen molar-refractivity contribution in [3.8, 4) is 5.75 Å². The Morgan fingerprint density at radius 1 is 1.12 bits per heavy atom. The Morgan fingerprint density at radius 2 is 1.92 bits per heavy atom. The lowest BCUT2D eigenvalue weighted by Gasteiger charge is -2.38. The highest BCUT2D eigenvalue weighted by atomic mass is 16.5. The van der Waals surface area contributed by atoms with Crippen LogP contribution in [0.15, 0.2) is 12.1 Å². The number of nitrogens with one attached hydrogen (secondary N) is 1. The van der Waals surface area contributed by atoms with Gasteiger partial charge in [0.25, 0.3) is 0 Å². The Bertz CT molecular complexity index is 560. The van der Waals surface area contributed by atoms with Gasteiger partial charge < -0.3 is 10.1 Å². The summed E-state index contributed by atoms with van der Waals surface area (Å²) in [4.78, 5) is 5.29. The maximum absolute atomic E-state index is 5.96. The van der Waals surface area contributed by atoms with Crippen LogP contribution in [0.2, 0.25) is 0 Å². The summed E-state index contributed by atoms with van der Waals surface area (Å²) in [7, 11) is 0. The van der Waals surface area contributed by atoms with E-state index >= 15 is 0 Å². The first-order valence-corrected chi connectivity index (χ1v) is 9.78. The van der Waals surface area contributed by atoms with Crippen molar-refractivity contribution in [3.63, 3.8) is 0 Å². The van der Waals surface area contributed by atoms with Crippen LogP contribution in [0.3, 0.4) is 0 Å². The van der Waals surface area contributed by atoms with E-state index in [0.717, 1.165) is 24.9 Å². The minimum absolute atomic E-state index is 0.758. The van der Waals surface area contributed by atoms with E-state index in [2.05, 4.69) is 34.2 Å². The molecule has 2 fully saturated rings. The van der Waals surface area contributed by atoms with Gasteiger partial charge in [-0.2, -0.15) is 0 Å². The van der Waals surface area contributed by atoms with Crippen LogP contribution in [0, 0.1) is 0 Å². The van der Waals surface area contributed by atoms with Gasteiger partial charge in [0.1, 0.15) is 5.75 Å². The molecule has 1 aromatic rings. The normalized spacial score (nSPS) is 25.1. The zero-order valence-electron chi connectivity index (χ0n) is 15.0. The molecule has 4 heteroatoms. The lowest BCUT2D eigenvalue weighted by molar-refractivity contribution is 0.0974. The number of nitrogens with zero attached hydrogens (tertiary/aromatic N) is 2. The van der Waals surface area contributed by atoms with Crippen LogP contribution in [-0.4, -0.2) is 61.7 Å². The van der Waals surface area contributed by atoms with Gasteiger partial charge in [-0.15, -0.1) is 0 Å².